The Kier molecular flexibility index (Phi) is 6.19. The lowest BCUT2D eigenvalue weighted by atomic mass is 10.0. The van der Waals surface area contributed by atoms with E-state index in [1.54, 1.807) is 18.5 Å². The van der Waals surface area contributed by atoms with E-state index in [9.17, 15) is 8.76 Å². The fourth-order valence-electron chi connectivity index (χ4n) is 3.69. The Morgan fingerprint density at radius 1 is 0.882 bits per heavy atom. The summed E-state index contributed by atoms with van der Waals surface area (Å²) in [5, 5.41) is 4.31. The topological polar surface area (TPSA) is 116 Å². The Hall–Kier alpha value is -4.21. The smallest absolute Gasteiger partial charge is 0.163 e. The van der Waals surface area contributed by atoms with Crippen LogP contribution in [0.15, 0.2) is 91.4 Å². The molecule has 168 valence electrons. The molecule has 2 N–H and O–H groups in total. The fourth-order valence-corrected chi connectivity index (χ4v) is 3.99. The van der Waals surface area contributed by atoms with Crippen molar-refractivity contribution in [3.05, 3.63) is 97.1 Å². The minimum absolute atomic E-state index is 0.329. The van der Waals surface area contributed by atoms with Gasteiger partial charge in [-0.15, -0.1) is 0 Å². The van der Waals surface area contributed by atoms with Crippen LogP contribution in [0, 0.1) is 0 Å². The van der Waals surface area contributed by atoms with Crippen molar-refractivity contribution in [2.75, 3.05) is 10.0 Å². The summed E-state index contributed by atoms with van der Waals surface area (Å²) in [4.78, 5) is 18.1. The summed E-state index contributed by atoms with van der Waals surface area (Å²) in [7, 11) is 0. The molecule has 0 aliphatic rings. The molecule has 3 heterocycles. The standard InChI is InChI=1S/C25H20N6O2S/c32-34(33)31-20-13-18(14-26-15-20)24-29-22-11-6-10-21(17-7-2-1-3-8-17)23(22)25(30-24)28-16-19-9-4-5-12-27-19/h1-15,31H,16H2,(H,32,33)(H,28,29,30)/p-1. The van der Waals surface area contributed by atoms with Gasteiger partial charge in [-0.3, -0.25) is 14.2 Å². The molecule has 3 aromatic heterocycles. The molecule has 0 saturated carbocycles. The minimum atomic E-state index is -2.46. The third kappa shape index (κ3) is 4.75. The predicted octanol–water partition coefficient (Wildman–Crippen LogP) is 4.57. The normalized spacial score (nSPS) is 11.8. The van der Waals surface area contributed by atoms with Gasteiger partial charge in [-0.1, -0.05) is 48.5 Å². The van der Waals surface area contributed by atoms with Crippen molar-refractivity contribution in [3.8, 4) is 22.5 Å². The molecule has 0 aliphatic carbocycles. The van der Waals surface area contributed by atoms with Gasteiger partial charge < -0.3 is 14.6 Å². The fraction of sp³-hybridized carbons (Fsp3) is 0.0400. The van der Waals surface area contributed by atoms with Crippen LogP contribution in [0.1, 0.15) is 5.69 Å². The second kappa shape index (κ2) is 9.74. The number of pyridine rings is 2. The van der Waals surface area contributed by atoms with Crippen molar-refractivity contribution in [2.45, 2.75) is 6.54 Å². The van der Waals surface area contributed by atoms with Crippen LogP contribution in [0.25, 0.3) is 33.4 Å². The third-order valence-corrected chi connectivity index (χ3v) is 5.57. The van der Waals surface area contributed by atoms with Crippen LogP contribution in [-0.2, 0) is 17.8 Å². The maximum Gasteiger partial charge on any atom is 0.163 e. The second-order valence-corrected chi connectivity index (χ2v) is 8.11. The highest BCUT2D eigenvalue weighted by molar-refractivity contribution is 7.80. The molecule has 0 saturated heterocycles. The highest BCUT2D eigenvalue weighted by Crippen LogP contribution is 2.34. The zero-order valence-electron chi connectivity index (χ0n) is 17.9. The van der Waals surface area contributed by atoms with Crippen LogP contribution in [-0.4, -0.2) is 28.7 Å². The van der Waals surface area contributed by atoms with E-state index in [0.717, 1.165) is 27.7 Å². The molecule has 2 aromatic carbocycles. The first-order chi connectivity index (χ1) is 16.7. The van der Waals surface area contributed by atoms with E-state index >= 15 is 0 Å². The van der Waals surface area contributed by atoms with E-state index in [1.165, 1.54) is 6.20 Å². The molecule has 5 rings (SSSR count). The molecule has 9 heteroatoms. The molecule has 0 spiro atoms. The average Bonchev–Trinajstić information content (AvgIpc) is 2.87. The number of hydrogen-bond acceptors (Lipinski definition) is 7. The molecule has 8 nitrogen and oxygen atoms in total. The highest BCUT2D eigenvalue weighted by atomic mass is 32.2. The largest absolute Gasteiger partial charge is 0.755 e. The van der Waals surface area contributed by atoms with E-state index in [1.807, 2.05) is 66.7 Å². The minimum Gasteiger partial charge on any atom is -0.755 e. The van der Waals surface area contributed by atoms with Crippen molar-refractivity contribution in [3.63, 3.8) is 0 Å². The monoisotopic (exact) mass is 467 g/mol. The summed E-state index contributed by atoms with van der Waals surface area (Å²) in [6, 6.07) is 23.4. The molecule has 1 unspecified atom stereocenters. The summed E-state index contributed by atoms with van der Waals surface area (Å²) in [5.41, 5.74) is 4.60. The molecule has 0 aliphatic heterocycles. The maximum atomic E-state index is 11.1. The molecule has 0 bridgehead atoms. The number of hydrogen-bond donors (Lipinski definition) is 2. The van der Waals surface area contributed by atoms with Crippen molar-refractivity contribution in [2.24, 2.45) is 0 Å². The lowest BCUT2D eigenvalue weighted by molar-refractivity contribution is 0.542. The number of rotatable bonds is 7. The molecule has 5 aromatic rings. The van der Waals surface area contributed by atoms with E-state index < -0.39 is 11.3 Å². The first-order valence-electron chi connectivity index (χ1n) is 10.5. The lowest BCUT2D eigenvalue weighted by Gasteiger charge is -2.15. The highest BCUT2D eigenvalue weighted by Gasteiger charge is 2.15. The Balaban J connectivity index is 1.65. The number of benzene rings is 2. The summed E-state index contributed by atoms with van der Waals surface area (Å²) in [5.74, 6) is 1.07. The molecule has 0 radical (unpaired) electrons. The van der Waals surface area contributed by atoms with E-state index in [4.69, 9.17) is 9.97 Å². The zero-order chi connectivity index (χ0) is 23.3. The van der Waals surface area contributed by atoms with Gasteiger partial charge in [-0.05, 0) is 35.4 Å². The van der Waals surface area contributed by atoms with Gasteiger partial charge in [0.2, 0.25) is 0 Å². The zero-order valence-corrected chi connectivity index (χ0v) is 18.7. The van der Waals surface area contributed by atoms with Gasteiger partial charge in [0.15, 0.2) is 5.82 Å². The van der Waals surface area contributed by atoms with Gasteiger partial charge in [0.05, 0.1) is 35.0 Å². The van der Waals surface area contributed by atoms with Crippen molar-refractivity contribution in [1.82, 2.24) is 19.9 Å². The summed E-state index contributed by atoms with van der Waals surface area (Å²) in [6.07, 6.45) is 4.78. The van der Waals surface area contributed by atoms with Crippen molar-refractivity contribution >= 4 is 33.7 Å². The van der Waals surface area contributed by atoms with Gasteiger partial charge in [0.1, 0.15) is 5.82 Å². The SMILES string of the molecule is O=S([O-])Nc1cncc(-c2nc(NCc3ccccn3)c3c(-c4ccccc4)cccc3n2)c1. The van der Waals surface area contributed by atoms with Crippen molar-refractivity contribution in [1.29, 1.82) is 0 Å². The first-order valence-corrected chi connectivity index (χ1v) is 11.6. The van der Waals surface area contributed by atoms with Gasteiger partial charge in [0, 0.05) is 29.2 Å². The number of anilines is 2. The Labute approximate surface area is 198 Å². The first kappa shape index (κ1) is 21.6. The molecular formula is C25H19N6O2S-. The lowest BCUT2D eigenvalue weighted by Crippen LogP contribution is -2.06. The van der Waals surface area contributed by atoms with Crippen LogP contribution >= 0.6 is 0 Å². The molecule has 0 amide bonds. The molecule has 1 atom stereocenters. The van der Waals surface area contributed by atoms with Crippen LogP contribution < -0.4 is 10.0 Å². The number of nitrogens with zero attached hydrogens (tertiary/aromatic N) is 4. The van der Waals surface area contributed by atoms with E-state index in [0.29, 0.717) is 29.4 Å². The van der Waals surface area contributed by atoms with Gasteiger partial charge in [-0.2, -0.15) is 0 Å². The number of nitrogens with one attached hydrogen (secondary N) is 2. The summed E-state index contributed by atoms with van der Waals surface area (Å²) in [6.45, 7) is 0.477. The van der Waals surface area contributed by atoms with Crippen LogP contribution in [0.3, 0.4) is 0 Å². The number of fused-ring (bicyclic) bond motifs is 1. The van der Waals surface area contributed by atoms with E-state index in [2.05, 4.69) is 20.0 Å². The molecule has 0 fully saturated rings. The Morgan fingerprint density at radius 3 is 2.53 bits per heavy atom. The predicted molar refractivity (Wildman–Crippen MR) is 132 cm³/mol. The quantitative estimate of drug-likeness (QED) is 0.337. The van der Waals surface area contributed by atoms with Gasteiger partial charge in [-0.25, -0.2) is 9.97 Å². The second-order valence-electron chi connectivity index (χ2n) is 7.44. The van der Waals surface area contributed by atoms with Crippen LogP contribution in [0.4, 0.5) is 11.5 Å². The van der Waals surface area contributed by atoms with Gasteiger partial charge >= 0.3 is 0 Å². The summed E-state index contributed by atoms with van der Waals surface area (Å²) < 4.78 is 24.4. The molecular weight excluding hydrogens is 448 g/mol. The third-order valence-electron chi connectivity index (χ3n) is 5.17. The Morgan fingerprint density at radius 2 is 1.74 bits per heavy atom. The van der Waals surface area contributed by atoms with Gasteiger partial charge in [0.25, 0.3) is 0 Å². The number of aromatic nitrogens is 4. The van der Waals surface area contributed by atoms with Crippen molar-refractivity contribution < 1.29 is 8.76 Å². The maximum absolute atomic E-state index is 11.1. The van der Waals surface area contributed by atoms with E-state index in [-0.39, 0.29) is 0 Å². The summed E-state index contributed by atoms with van der Waals surface area (Å²) >= 11 is -2.46. The Bertz CT molecular complexity index is 1470. The van der Waals surface area contributed by atoms with Crippen LogP contribution in [0.5, 0.6) is 0 Å². The average molecular weight is 468 g/mol. The molecule has 34 heavy (non-hydrogen) atoms. The van der Waals surface area contributed by atoms with Crippen LogP contribution in [0.2, 0.25) is 0 Å².